The summed E-state index contributed by atoms with van der Waals surface area (Å²) in [7, 11) is -0.689. The number of hydrogen-bond donors (Lipinski definition) is 0. The standard InChI is InChI=1S/C18H20BBrClNO3/c1-17(2)18(3,4)25-19(24-17)14-13(20)11-22(16(23)15(14)21)10-12-8-6-5-7-9-12/h5-9,11H,10H2,1-4H3. The van der Waals surface area contributed by atoms with Crippen molar-refractivity contribution in [2.45, 2.75) is 45.4 Å². The second kappa shape index (κ2) is 6.58. The monoisotopic (exact) mass is 423 g/mol. The molecule has 0 atom stereocenters. The quantitative estimate of drug-likeness (QED) is 0.707. The third-order valence-electron chi connectivity index (χ3n) is 4.90. The van der Waals surface area contributed by atoms with Crippen LogP contribution in [0, 0.1) is 0 Å². The Morgan fingerprint density at radius 1 is 1.12 bits per heavy atom. The van der Waals surface area contributed by atoms with Crippen molar-refractivity contribution >= 4 is 40.1 Å². The molecule has 4 nitrogen and oxygen atoms in total. The second-order valence-corrected chi connectivity index (χ2v) is 8.44. The average molecular weight is 425 g/mol. The Bertz CT molecular complexity index is 835. The Morgan fingerprint density at radius 3 is 2.24 bits per heavy atom. The van der Waals surface area contributed by atoms with Crippen molar-refractivity contribution in [2.24, 2.45) is 0 Å². The molecule has 1 aromatic carbocycles. The van der Waals surface area contributed by atoms with Gasteiger partial charge in [0, 0.05) is 16.1 Å². The lowest BCUT2D eigenvalue weighted by Gasteiger charge is -2.32. The van der Waals surface area contributed by atoms with Crippen molar-refractivity contribution in [1.29, 1.82) is 0 Å². The Labute approximate surface area is 161 Å². The first-order valence-corrected chi connectivity index (χ1v) is 9.27. The fourth-order valence-corrected chi connectivity index (χ4v) is 3.73. The van der Waals surface area contributed by atoms with Crippen molar-refractivity contribution in [3.05, 3.63) is 61.9 Å². The van der Waals surface area contributed by atoms with E-state index in [0.717, 1.165) is 5.56 Å². The van der Waals surface area contributed by atoms with Gasteiger partial charge in [-0.05, 0) is 49.2 Å². The third-order valence-corrected chi connectivity index (χ3v) is 5.89. The van der Waals surface area contributed by atoms with E-state index in [4.69, 9.17) is 20.9 Å². The average Bonchev–Trinajstić information content (AvgIpc) is 2.73. The van der Waals surface area contributed by atoms with E-state index in [-0.39, 0.29) is 10.6 Å². The van der Waals surface area contributed by atoms with Gasteiger partial charge in [0.25, 0.3) is 5.56 Å². The largest absolute Gasteiger partial charge is 0.497 e. The van der Waals surface area contributed by atoms with E-state index in [1.807, 2.05) is 58.0 Å². The van der Waals surface area contributed by atoms with Gasteiger partial charge in [-0.1, -0.05) is 41.9 Å². The van der Waals surface area contributed by atoms with Crippen molar-refractivity contribution in [1.82, 2.24) is 4.57 Å². The number of halogens is 2. The number of nitrogens with zero attached hydrogens (tertiary/aromatic N) is 1. The number of pyridine rings is 1. The molecule has 0 radical (unpaired) electrons. The maximum absolute atomic E-state index is 12.7. The molecule has 1 aliphatic rings. The molecule has 0 unspecified atom stereocenters. The Balaban J connectivity index is 1.98. The van der Waals surface area contributed by atoms with Crippen molar-refractivity contribution in [2.75, 3.05) is 0 Å². The molecule has 2 aromatic rings. The number of benzene rings is 1. The van der Waals surface area contributed by atoms with Gasteiger partial charge in [0.2, 0.25) is 0 Å². The molecule has 0 amide bonds. The molecule has 1 fully saturated rings. The van der Waals surface area contributed by atoms with Gasteiger partial charge in [-0.3, -0.25) is 4.79 Å². The fraction of sp³-hybridized carbons (Fsp3) is 0.389. The summed E-state index contributed by atoms with van der Waals surface area (Å²) in [6.07, 6.45) is 1.74. The molecular weight excluding hydrogens is 404 g/mol. The normalized spacial score (nSPS) is 18.6. The van der Waals surface area contributed by atoms with Crippen molar-refractivity contribution in [3.8, 4) is 0 Å². The highest BCUT2D eigenvalue weighted by Gasteiger charge is 2.53. The van der Waals surface area contributed by atoms with Gasteiger partial charge >= 0.3 is 7.12 Å². The van der Waals surface area contributed by atoms with Crippen LogP contribution in [0.25, 0.3) is 0 Å². The molecule has 0 spiro atoms. The van der Waals surface area contributed by atoms with Crippen LogP contribution >= 0.6 is 27.5 Å². The van der Waals surface area contributed by atoms with E-state index < -0.39 is 18.3 Å². The molecule has 25 heavy (non-hydrogen) atoms. The predicted molar refractivity (Wildman–Crippen MR) is 105 cm³/mol. The van der Waals surface area contributed by atoms with Crippen molar-refractivity contribution < 1.29 is 9.31 Å². The lowest BCUT2D eigenvalue weighted by Crippen LogP contribution is -2.41. The van der Waals surface area contributed by atoms with Crippen LogP contribution in [0.4, 0.5) is 0 Å². The highest BCUT2D eigenvalue weighted by Crippen LogP contribution is 2.37. The van der Waals surface area contributed by atoms with Gasteiger partial charge in [-0.15, -0.1) is 0 Å². The first-order chi connectivity index (χ1) is 11.6. The molecule has 1 saturated heterocycles. The van der Waals surface area contributed by atoms with Crippen LogP contribution in [-0.4, -0.2) is 22.9 Å². The summed E-state index contributed by atoms with van der Waals surface area (Å²) in [5, 5.41) is 0.115. The molecule has 7 heteroatoms. The topological polar surface area (TPSA) is 40.5 Å². The van der Waals surface area contributed by atoms with E-state index in [0.29, 0.717) is 16.5 Å². The maximum atomic E-state index is 12.7. The first kappa shape index (κ1) is 18.7. The summed E-state index contributed by atoms with van der Waals surface area (Å²) in [5.41, 5.74) is 0.294. The molecule has 2 heterocycles. The lowest BCUT2D eigenvalue weighted by atomic mass is 9.79. The van der Waals surface area contributed by atoms with E-state index in [1.54, 1.807) is 10.8 Å². The number of rotatable bonds is 3. The maximum Gasteiger partial charge on any atom is 0.497 e. The molecule has 1 aliphatic heterocycles. The summed E-state index contributed by atoms with van der Waals surface area (Å²) < 4.78 is 14.3. The van der Waals surface area contributed by atoms with Gasteiger partial charge in [0.05, 0.1) is 17.7 Å². The molecule has 0 bridgehead atoms. The van der Waals surface area contributed by atoms with E-state index in [1.165, 1.54) is 0 Å². The number of hydrogen-bond acceptors (Lipinski definition) is 3. The fourth-order valence-electron chi connectivity index (χ4n) is 2.69. The van der Waals surface area contributed by atoms with Gasteiger partial charge in [-0.2, -0.15) is 0 Å². The zero-order valence-corrected chi connectivity index (χ0v) is 17.0. The van der Waals surface area contributed by atoms with Gasteiger partial charge in [-0.25, -0.2) is 0 Å². The SMILES string of the molecule is CC1(C)OB(c2c(Br)cn(Cc3ccccc3)c(=O)c2Cl)OC1(C)C. The molecule has 132 valence electrons. The first-order valence-electron chi connectivity index (χ1n) is 8.10. The van der Waals surface area contributed by atoms with Crippen LogP contribution in [-0.2, 0) is 15.9 Å². The zero-order valence-electron chi connectivity index (χ0n) is 14.7. The van der Waals surface area contributed by atoms with Gasteiger partial charge < -0.3 is 13.9 Å². The Hall–Kier alpha value is -1.08. The van der Waals surface area contributed by atoms with Crippen molar-refractivity contribution in [3.63, 3.8) is 0 Å². The molecule has 0 N–H and O–H groups in total. The summed E-state index contributed by atoms with van der Waals surface area (Å²) >= 11 is 9.94. The second-order valence-electron chi connectivity index (χ2n) is 7.21. The minimum Gasteiger partial charge on any atom is -0.399 e. The summed E-state index contributed by atoms with van der Waals surface area (Å²) in [5.74, 6) is 0. The Morgan fingerprint density at radius 2 is 1.68 bits per heavy atom. The number of aromatic nitrogens is 1. The van der Waals surface area contributed by atoms with Crippen LogP contribution in [0.1, 0.15) is 33.3 Å². The summed E-state index contributed by atoms with van der Waals surface area (Å²) in [4.78, 5) is 12.7. The van der Waals surface area contributed by atoms with E-state index in [2.05, 4.69) is 15.9 Å². The van der Waals surface area contributed by atoms with E-state index >= 15 is 0 Å². The van der Waals surface area contributed by atoms with Gasteiger partial charge in [0.1, 0.15) is 5.02 Å². The molecule has 1 aromatic heterocycles. The highest BCUT2D eigenvalue weighted by molar-refractivity contribution is 9.10. The smallest absolute Gasteiger partial charge is 0.399 e. The van der Waals surface area contributed by atoms with Crippen LogP contribution < -0.4 is 11.0 Å². The molecule has 3 rings (SSSR count). The van der Waals surface area contributed by atoms with Crippen LogP contribution in [0.3, 0.4) is 0 Å². The minimum absolute atomic E-state index is 0.115. The minimum atomic E-state index is -0.689. The lowest BCUT2D eigenvalue weighted by molar-refractivity contribution is 0.00578. The van der Waals surface area contributed by atoms with E-state index in [9.17, 15) is 4.79 Å². The zero-order chi connectivity index (χ0) is 18.4. The molecular formula is C18H20BBrClNO3. The third kappa shape index (κ3) is 3.45. The highest BCUT2D eigenvalue weighted by atomic mass is 79.9. The Kier molecular flexibility index (Phi) is 4.92. The summed E-state index contributed by atoms with van der Waals surface area (Å²) in [6.45, 7) is 8.30. The molecule has 0 aliphatic carbocycles. The van der Waals surface area contributed by atoms with Crippen LogP contribution in [0.15, 0.2) is 45.8 Å². The van der Waals surface area contributed by atoms with Crippen LogP contribution in [0.2, 0.25) is 5.02 Å². The predicted octanol–water partition coefficient (Wildman–Crippen LogP) is 3.61. The van der Waals surface area contributed by atoms with Crippen LogP contribution in [0.5, 0.6) is 0 Å². The van der Waals surface area contributed by atoms with Gasteiger partial charge in [0.15, 0.2) is 0 Å². The molecule has 0 saturated carbocycles. The summed E-state index contributed by atoms with van der Waals surface area (Å²) in [6, 6.07) is 9.76.